The van der Waals surface area contributed by atoms with E-state index in [1.807, 2.05) is 0 Å². The van der Waals surface area contributed by atoms with Crippen LogP contribution in [0.2, 0.25) is 0 Å². The van der Waals surface area contributed by atoms with Crippen molar-refractivity contribution in [3.05, 3.63) is 97.2 Å². The van der Waals surface area contributed by atoms with Crippen LogP contribution in [0.5, 0.6) is 0 Å². The molecule has 1 unspecified atom stereocenters. The lowest BCUT2D eigenvalue weighted by Crippen LogP contribution is -2.18. The van der Waals surface area contributed by atoms with Gasteiger partial charge >= 0.3 is 11.9 Å². The second-order valence-electron chi connectivity index (χ2n) is 13.1. The van der Waals surface area contributed by atoms with Crippen LogP contribution >= 0.6 is 0 Å². The summed E-state index contributed by atoms with van der Waals surface area (Å²) in [7, 11) is 0. The highest BCUT2D eigenvalue weighted by Gasteiger charge is 2.13. The molecule has 4 nitrogen and oxygen atoms in total. The highest BCUT2D eigenvalue weighted by atomic mass is 16.5. The lowest BCUT2D eigenvalue weighted by molar-refractivity contribution is -0.149. The molecule has 0 aliphatic rings. The molecule has 0 radical (unpaired) electrons. The highest BCUT2D eigenvalue weighted by Crippen LogP contribution is 2.17. The molecule has 0 saturated carbocycles. The number of hydrogen-bond donors (Lipinski definition) is 1. The van der Waals surface area contributed by atoms with Crippen LogP contribution in [0.25, 0.3) is 0 Å². The maximum Gasteiger partial charge on any atom is 0.306 e. The van der Waals surface area contributed by atoms with E-state index in [2.05, 4.69) is 111 Å². The normalized spacial score (nSPS) is 13.3. The van der Waals surface area contributed by atoms with Gasteiger partial charge in [0.2, 0.25) is 0 Å². The Bertz CT molecular complexity index is 1010. The molecule has 0 aromatic heterocycles. The molecule has 282 valence electrons. The molecule has 0 spiro atoms. The van der Waals surface area contributed by atoms with Crippen LogP contribution in [-0.2, 0) is 14.3 Å². The molecule has 0 saturated heterocycles. The van der Waals surface area contributed by atoms with Crippen LogP contribution in [0, 0.1) is 0 Å². The molecule has 0 aliphatic carbocycles. The molecule has 0 rings (SSSR count). The summed E-state index contributed by atoms with van der Waals surface area (Å²) in [4.78, 5) is 23.4. The van der Waals surface area contributed by atoms with Crippen molar-refractivity contribution in [2.75, 3.05) is 0 Å². The maximum absolute atomic E-state index is 12.6. The van der Waals surface area contributed by atoms with Crippen molar-refractivity contribution < 1.29 is 19.4 Å². The number of carbonyl (C=O) groups excluding carboxylic acids is 1. The molecule has 0 aromatic rings. The number of esters is 1. The van der Waals surface area contributed by atoms with E-state index in [0.717, 1.165) is 103 Å². The van der Waals surface area contributed by atoms with Gasteiger partial charge < -0.3 is 9.84 Å². The minimum Gasteiger partial charge on any atom is -0.481 e. The molecule has 1 N–H and O–H groups in total. The summed E-state index contributed by atoms with van der Waals surface area (Å²) in [6.07, 6.45) is 60.0. The van der Waals surface area contributed by atoms with Crippen LogP contribution < -0.4 is 0 Å². The van der Waals surface area contributed by atoms with E-state index in [4.69, 9.17) is 9.84 Å². The summed E-state index contributed by atoms with van der Waals surface area (Å²) in [6, 6.07) is 0. The van der Waals surface area contributed by atoms with Gasteiger partial charge in [0, 0.05) is 12.8 Å². The first-order chi connectivity index (χ1) is 24.6. The van der Waals surface area contributed by atoms with Crippen molar-refractivity contribution in [3.8, 4) is 0 Å². The van der Waals surface area contributed by atoms with Gasteiger partial charge in [0.15, 0.2) is 0 Å². The lowest BCUT2D eigenvalue weighted by atomic mass is 10.0. The first kappa shape index (κ1) is 46.9. The third kappa shape index (κ3) is 39.3. The van der Waals surface area contributed by atoms with E-state index in [9.17, 15) is 9.59 Å². The predicted molar refractivity (Wildman–Crippen MR) is 217 cm³/mol. The van der Waals surface area contributed by atoms with E-state index in [0.29, 0.717) is 12.8 Å². The quantitative estimate of drug-likeness (QED) is 0.0408. The summed E-state index contributed by atoms with van der Waals surface area (Å²) in [6.45, 7) is 4.41. The fraction of sp³-hybridized carbons (Fsp3) is 0.609. The molecule has 0 amide bonds. The smallest absolute Gasteiger partial charge is 0.306 e. The minimum atomic E-state index is -0.719. The van der Waals surface area contributed by atoms with E-state index >= 15 is 0 Å². The van der Waals surface area contributed by atoms with E-state index in [-0.39, 0.29) is 18.5 Å². The van der Waals surface area contributed by atoms with Gasteiger partial charge in [-0.1, -0.05) is 156 Å². The Morgan fingerprint density at radius 3 is 1.42 bits per heavy atom. The summed E-state index contributed by atoms with van der Waals surface area (Å²) in [5.74, 6) is -0.824. The second-order valence-corrected chi connectivity index (χ2v) is 13.1. The van der Waals surface area contributed by atoms with Gasteiger partial charge in [0.25, 0.3) is 0 Å². The molecule has 50 heavy (non-hydrogen) atoms. The molecule has 0 bridgehead atoms. The van der Waals surface area contributed by atoms with Crippen molar-refractivity contribution in [3.63, 3.8) is 0 Å². The van der Waals surface area contributed by atoms with Crippen LogP contribution in [0.4, 0.5) is 0 Å². The van der Waals surface area contributed by atoms with Gasteiger partial charge in [-0.2, -0.15) is 0 Å². The molecule has 0 aliphatic heterocycles. The lowest BCUT2D eigenvalue weighted by Gasteiger charge is -2.17. The summed E-state index contributed by atoms with van der Waals surface area (Å²) >= 11 is 0. The fourth-order valence-electron chi connectivity index (χ4n) is 5.36. The van der Waals surface area contributed by atoms with Crippen LogP contribution in [0.3, 0.4) is 0 Å². The average Bonchev–Trinajstić information content (AvgIpc) is 3.10. The number of aliphatic carboxylic acids is 1. The third-order valence-corrected chi connectivity index (χ3v) is 8.30. The number of carboxylic acid groups (broad SMARTS) is 1. The zero-order chi connectivity index (χ0) is 36.4. The van der Waals surface area contributed by atoms with Crippen LogP contribution in [0.15, 0.2) is 97.2 Å². The molecule has 0 fully saturated rings. The zero-order valence-electron chi connectivity index (χ0n) is 32.2. The number of allylic oxidation sites excluding steroid dienone is 16. The van der Waals surface area contributed by atoms with E-state index in [1.165, 1.54) is 38.5 Å². The Morgan fingerprint density at radius 1 is 0.460 bits per heavy atom. The first-order valence-electron chi connectivity index (χ1n) is 20.2. The summed E-state index contributed by atoms with van der Waals surface area (Å²) in [5.41, 5.74) is 0. The Kier molecular flexibility index (Phi) is 37.8. The molecule has 0 heterocycles. The van der Waals surface area contributed by atoms with Gasteiger partial charge in [-0.15, -0.1) is 0 Å². The Labute approximate surface area is 308 Å². The topological polar surface area (TPSA) is 63.6 Å². The monoisotopic (exact) mass is 691 g/mol. The van der Waals surface area contributed by atoms with Crippen LogP contribution in [-0.4, -0.2) is 23.1 Å². The Balaban J connectivity index is 4.28. The Morgan fingerprint density at radius 2 is 0.880 bits per heavy atom. The van der Waals surface area contributed by atoms with Crippen molar-refractivity contribution in [2.24, 2.45) is 0 Å². The first-order valence-corrected chi connectivity index (χ1v) is 20.2. The van der Waals surface area contributed by atoms with Gasteiger partial charge in [0.1, 0.15) is 6.10 Å². The number of carboxylic acids is 1. The molecule has 1 atom stereocenters. The number of carbonyl (C=O) groups is 2. The SMILES string of the molecule is CC/C=C\C/C=C\C/C=C\C/C=C\C/C=C\C/C=C\CCC(=O)OC(CCC/C=C\C/C=C\CCCCCCC)CCCCCCCC(=O)O. The number of ether oxygens (including phenoxy) is 1. The fourth-order valence-corrected chi connectivity index (χ4v) is 5.36. The molecule has 4 heteroatoms. The van der Waals surface area contributed by atoms with Gasteiger partial charge in [-0.3, -0.25) is 9.59 Å². The van der Waals surface area contributed by atoms with E-state index < -0.39 is 5.97 Å². The van der Waals surface area contributed by atoms with Crippen molar-refractivity contribution in [1.29, 1.82) is 0 Å². The number of hydrogen-bond acceptors (Lipinski definition) is 3. The third-order valence-electron chi connectivity index (χ3n) is 8.30. The van der Waals surface area contributed by atoms with E-state index in [1.54, 1.807) is 0 Å². The molecular formula is C46H74O4. The highest BCUT2D eigenvalue weighted by molar-refractivity contribution is 5.69. The summed E-state index contributed by atoms with van der Waals surface area (Å²) in [5, 5.41) is 8.82. The molecule has 0 aromatic carbocycles. The Hall–Kier alpha value is -3.14. The van der Waals surface area contributed by atoms with Gasteiger partial charge in [0.05, 0.1) is 0 Å². The van der Waals surface area contributed by atoms with Crippen molar-refractivity contribution >= 4 is 11.9 Å². The number of unbranched alkanes of at least 4 members (excludes halogenated alkanes) is 10. The van der Waals surface area contributed by atoms with Crippen LogP contribution in [0.1, 0.15) is 174 Å². The molecular weight excluding hydrogens is 617 g/mol. The minimum absolute atomic E-state index is 0.0344. The van der Waals surface area contributed by atoms with Crippen molar-refractivity contribution in [1.82, 2.24) is 0 Å². The zero-order valence-corrected chi connectivity index (χ0v) is 32.2. The maximum atomic E-state index is 12.6. The standard InChI is InChI=1S/C46H74O4/c1-3-5-7-9-11-13-15-17-18-19-20-21-22-24-26-28-30-35-39-43-46(49)50-44(41-37-33-31-34-38-42-45(47)48)40-36-32-29-27-25-23-16-14-12-10-8-6-4-2/h5,7,11,13,16-18,20-21,23-24,26-27,29-30,35,44H,3-4,6,8-10,12,14-15,19,22,25,28,31-34,36-43H2,1-2H3,(H,47,48)/b7-5-,13-11-,18-17-,21-20-,23-16-,26-24-,29-27-,35-30-. The number of rotatable bonds is 35. The van der Waals surface area contributed by atoms with Gasteiger partial charge in [-0.25, -0.2) is 0 Å². The predicted octanol–water partition coefficient (Wildman–Crippen LogP) is 14.2. The van der Waals surface area contributed by atoms with Gasteiger partial charge in [-0.05, 0) is 103 Å². The summed E-state index contributed by atoms with van der Waals surface area (Å²) < 4.78 is 5.94. The van der Waals surface area contributed by atoms with Crippen molar-refractivity contribution in [2.45, 2.75) is 180 Å². The average molecular weight is 691 g/mol. The largest absolute Gasteiger partial charge is 0.481 e. The second kappa shape index (κ2) is 40.3.